The Hall–Kier alpha value is -1.12. The van der Waals surface area contributed by atoms with Crippen LogP contribution < -0.4 is 0 Å². The lowest BCUT2D eigenvalue weighted by Crippen LogP contribution is -2.20. The summed E-state index contributed by atoms with van der Waals surface area (Å²) in [6.07, 6.45) is 15.9. The van der Waals surface area contributed by atoms with Crippen LogP contribution in [0.1, 0.15) is 75.5 Å². The maximum atomic E-state index is 9.14. The summed E-state index contributed by atoms with van der Waals surface area (Å²) < 4.78 is 6.13. The van der Waals surface area contributed by atoms with Gasteiger partial charge in [-0.25, -0.2) is 0 Å². The molecule has 1 aliphatic carbocycles. The molecule has 1 aliphatic heterocycles. The van der Waals surface area contributed by atoms with E-state index in [0.29, 0.717) is 5.92 Å². The molecule has 0 aromatic heterocycles. The van der Waals surface area contributed by atoms with Crippen LogP contribution in [0.15, 0.2) is 36.4 Å². The van der Waals surface area contributed by atoms with Gasteiger partial charge in [0.1, 0.15) is 0 Å². The lowest BCUT2D eigenvalue weighted by molar-refractivity contribution is -0.00538. The summed E-state index contributed by atoms with van der Waals surface area (Å²) in [6, 6.07) is 8.20. The molecule has 1 aromatic rings. The quantitative estimate of drug-likeness (QED) is 0.661. The first kappa shape index (κ1) is 18.7. The van der Waals surface area contributed by atoms with E-state index in [1.54, 1.807) is 0 Å². The highest BCUT2D eigenvalue weighted by Gasteiger charge is 2.23. The van der Waals surface area contributed by atoms with Gasteiger partial charge in [0.05, 0.1) is 19.3 Å². The second-order valence-electron chi connectivity index (χ2n) is 8.01. The SMILES string of the molecule is CCCC1CCC(/C=C/C2CCC(c3ccc(CO)cc3)OC2)CC1. The molecule has 2 nitrogen and oxygen atoms in total. The van der Waals surface area contributed by atoms with Crippen LogP contribution >= 0.6 is 0 Å². The Morgan fingerprint density at radius 3 is 2.24 bits per heavy atom. The van der Waals surface area contributed by atoms with E-state index in [4.69, 9.17) is 9.84 Å². The van der Waals surface area contributed by atoms with Crippen molar-refractivity contribution in [3.05, 3.63) is 47.5 Å². The van der Waals surface area contributed by atoms with Crippen molar-refractivity contribution in [2.24, 2.45) is 17.8 Å². The standard InChI is InChI=1S/C23H34O2/c1-2-3-18-4-6-19(7-5-18)8-9-21-12-15-23(25-17-21)22-13-10-20(16-24)11-14-22/h8-11,13-14,18-19,21,23-24H,2-7,12,15-17H2,1H3/b9-8+. The van der Waals surface area contributed by atoms with Crippen molar-refractivity contribution in [3.63, 3.8) is 0 Å². The Balaban J connectivity index is 1.41. The van der Waals surface area contributed by atoms with Crippen LogP contribution in [0, 0.1) is 17.8 Å². The third-order valence-electron chi connectivity index (χ3n) is 6.09. The van der Waals surface area contributed by atoms with E-state index in [2.05, 4.69) is 31.2 Å². The second-order valence-corrected chi connectivity index (χ2v) is 8.01. The molecule has 1 N–H and O–H groups in total. The van der Waals surface area contributed by atoms with Gasteiger partial charge < -0.3 is 9.84 Å². The van der Waals surface area contributed by atoms with E-state index >= 15 is 0 Å². The summed E-state index contributed by atoms with van der Waals surface area (Å²) in [6.45, 7) is 3.26. The number of benzene rings is 1. The van der Waals surface area contributed by atoms with Crippen LogP contribution in [0.5, 0.6) is 0 Å². The van der Waals surface area contributed by atoms with Gasteiger partial charge in [0.25, 0.3) is 0 Å². The largest absolute Gasteiger partial charge is 0.392 e. The van der Waals surface area contributed by atoms with Crippen molar-refractivity contribution < 1.29 is 9.84 Å². The fourth-order valence-corrected chi connectivity index (χ4v) is 4.42. The molecular weight excluding hydrogens is 308 g/mol. The third kappa shape index (κ3) is 5.43. The predicted molar refractivity (Wildman–Crippen MR) is 103 cm³/mol. The van der Waals surface area contributed by atoms with E-state index < -0.39 is 0 Å². The number of hydrogen-bond donors (Lipinski definition) is 1. The average molecular weight is 343 g/mol. The minimum atomic E-state index is 0.110. The van der Waals surface area contributed by atoms with Crippen LogP contribution in [0.4, 0.5) is 0 Å². The van der Waals surface area contributed by atoms with Gasteiger partial charge in [0, 0.05) is 5.92 Å². The molecule has 1 saturated carbocycles. The number of hydrogen-bond acceptors (Lipinski definition) is 2. The zero-order chi connectivity index (χ0) is 17.5. The molecule has 3 rings (SSSR count). The van der Waals surface area contributed by atoms with Crippen LogP contribution in [0.3, 0.4) is 0 Å². The minimum absolute atomic E-state index is 0.110. The van der Waals surface area contributed by atoms with Gasteiger partial charge in [-0.15, -0.1) is 0 Å². The molecule has 2 aliphatic rings. The van der Waals surface area contributed by atoms with Gasteiger partial charge in [-0.2, -0.15) is 0 Å². The van der Waals surface area contributed by atoms with E-state index in [9.17, 15) is 0 Å². The Morgan fingerprint density at radius 1 is 0.960 bits per heavy atom. The summed E-state index contributed by atoms with van der Waals surface area (Å²) in [5.41, 5.74) is 2.21. The third-order valence-corrected chi connectivity index (χ3v) is 6.09. The van der Waals surface area contributed by atoms with E-state index in [1.165, 1.54) is 50.5 Å². The first-order valence-corrected chi connectivity index (χ1v) is 10.3. The molecule has 2 unspecified atom stereocenters. The van der Waals surface area contributed by atoms with Crippen molar-refractivity contribution in [2.45, 2.75) is 71.0 Å². The molecule has 1 heterocycles. The Morgan fingerprint density at radius 2 is 1.64 bits per heavy atom. The Kier molecular flexibility index (Phi) is 7.12. The zero-order valence-electron chi connectivity index (χ0n) is 15.7. The van der Waals surface area contributed by atoms with Crippen molar-refractivity contribution in [3.8, 4) is 0 Å². The van der Waals surface area contributed by atoms with Crippen molar-refractivity contribution in [1.82, 2.24) is 0 Å². The smallest absolute Gasteiger partial charge is 0.0825 e. The topological polar surface area (TPSA) is 29.5 Å². The number of rotatable bonds is 6. The average Bonchev–Trinajstić information content (AvgIpc) is 2.68. The Labute approximate surface area is 153 Å². The van der Waals surface area contributed by atoms with Crippen molar-refractivity contribution >= 4 is 0 Å². The van der Waals surface area contributed by atoms with E-state index in [-0.39, 0.29) is 12.7 Å². The minimum Gasteiger partial charge on any atom is -0.392 e. The van der Waals surface area contributed by atoms with Crippen LogP contribution in [0.2, 0.25) is 0 Å². The molecule has 138 valence electrons. The lowest BCUT2D eigenvalue weighted by atomic mass is 9.79. The number of aliphatic hydroxyl groups excluding tert-OH is 1. The molecule has 2 heteroatoms. The summed E-state index contributed by atoms with van der Waals surface area (Å²) >= 11 is 0. The summed E-state index contributed by atoms with van der Waals surface area (Å²) in [7, 11) is 0. The number of ether oxygens (including phenoxy) is 1. The van der Waals surface area contributed by atoms with Gasteiger partial charge in [-0.3, -0.25) is 0 Å². The normalized spacial score (nSPS) is 30.6. The molecule has 0 radical (unpaired) electrons. The number of aliphatic hydroxyl groups is 1. The van der Waals surface area contributed by atoms with Gasteiger partial charge in [-0.05, 0) is 61.5 Å². The molecule has 0 amide bonds. The van der Waals surface area contributed by atoms with Gasteiger partial charge in [0.15, 0.2) is 0 Å². The summed E-state index contributed by atoms with van der Waals surface area (Å²) in [5.74, 6) is 2.38. The van der Waals surface area contributed by atoms with E-state index in [0.717, 1.165) is 30.4 Å². The van der Waals surface area contributed by atoms with Crippen LogP contribution in [0.25, 0.3) is 0 Å². The molecule has 0 spiro atoms. The van der Waals surface area contributed by atoms with E-state index in [1.807, 2.05) is 12.1 Å². The first-order valence-electron chi connectivity index (χ1n) is 10.3. The molecular formula is C23H34O2. The summed E-state index contributed by atoms with van der Waals surface area (Å²) in [5, 5.41) is 9.14. The maximum absolute atomic E-state index is 9.14. The fourth-order valence-electron chi connectivity index (χ4n) is 4.42. The van der Waals surface area contributed by atoms with Crippen LogP contribution in [-0.4, -0.2) is 11.7 Å². The number of allylic oxidation sites excluding steroid dienone is 1. The molecule has 1 aromatic carbocycles. The molecule has 2 fully saturated rings. The Bertz CT molecular complexity index is 518. The highest BCUT2D eigenvalue weighted by molar-refractivity contribution is 5.24. The molecule has 1 saturated heterocycles. The van der Waals surface area contributed by atoms with Gasteiger partial charge >= 0.3 is 0 Å². The second kappa shape index (κ2) is 9.54. The highest BCUT2D eigenvalue weighted by atomic mass is 16.5. The van der Waals surface area contributed by atoms with Crippen molar-refractivity contribution in [1.29, 1.82) is 0 Å². The zero-order valence-corrected chi connectivity index (χ0v) is 15.7. The molecule has 0 bridgehead atoms. The van der Waals surface area contributed by atoms with Crippen LogP contribution in [-0.2, 0) is 11.3 Å². The lowest BCUT2D eigenvalue weighted by Gasteiger charge is -2.29. The monoisotopic (exact) mass is 342 g/mol. The van der Waals surface area contributed by atoms with Gasteiger partial charge in [0.2, 0.25) is 0 Å². The van der Waals surface area contributed by atoms with Gasteiger partial charge in [-0.1, -0.05) is 56.2 Å². The fraction of sp³-hybridized carbons (Fsp3) is 0.652. The van der Waals surface area contributed by atoms with Crippen molar-refractivity contribution in [2.75, 3.05) is 6.61 Å². The predicted octanol–water partition coefficient (Wildman–Crippen LogP) is 5.81. The first-order chi connectivity index (χ1) is 12.3. The maximum Gasteiger partial charge on any atom is 0.0825 e. The summed E-state index contributed by atoms with van der Waals surface area (Å²) in [4.78, 5) is 0. The highest BCUT2D eigenvalue weighted by Crippen LogP contribution is 2.34. The molecule has 25 heavy (non-hydrogen) atoms. The molecule has 2 atom stereocenters.